The van der Waals surface area contributed by atoms with Crippen LogP contribution in [-0.4, -0.2) is 34.4 Å². The van der Waals surface area contributed by atoms with Crippen molar-refractivity contribution in [2.24, 2.45) is 10.2 Å². The SMILES string of the molecule is COc1cc(/C=C2\S/C(=N\N=C\c3ccccc3C)N(Cc3ccco3)C2=O)ccc1O. The number of thioether (sulfide) groups is 1. The van der Waals surface area contributed by atoms with Gasteiger partial charge in [0.2, 0.25) is 0 Å². The highest BCUT2D eigenvalue weighted by Gasteiger charge is 2.34. The maximum absolute atomic E-state index is 13.1. The number of rotatable bonds is 6. The fourth-order valence-corrected chi connectivity index (χ4v) is 4.02. The third-order valence-electron chi connectivity index (χ3n) is 4.81. The van der Waals surface area contributed by atoms with Gasteiger partial charge in [0.25, 0.3) is 5.91 Å². The van der Waals surface area contributed by atoms with E-state index < -0.39 is 0 Å². The zero-order chi connectivity index (χ0) is 22.5. The molecule has 1 fully saturated rings. The van der Waals surface area contributed by atoms with Crippen molar-refractivity contribution in [1.82, 2.24) is 4.90 Å². The van der Waals surface area contributed by atoms with E-state index in [0.717, 1.165) is 16.7 Å². The van der Waals surface area contributed by atoms with Crippen molar-refractivity contribution in [3.05, 3.63) is 88.2 Å². The van der Waals surface area contributed by atoms with Crippen LogP contribution in [0, 0.1) is 6.92 Å². The molecule has 7 nitrogen and oxygen atoms in total. The molecule has 1 aromatic heterocycles. The molecule has 0 saturated carbocycles. The summed E-state index contributed by atoms with van der Waals surface area (Å²) in [5, 5.41) is 18.8. The Kier molecular flexibility index (Phi) is 6.42. The van der Waals surface area contributed by atoms with Crippen LogP contribution in [-0.2, 0) is 11.3 Å². The molecule has 3 aromatic rings. The molecule has 0 radical (unpaired) electrons. The molecule has 1 amide bonds. The number of aromatic hydroxyl groups is 1. The first-order valence-corrected chi connectivity index (χ1v) is 10.6. The lowest BCUT2D eigenvalue weighted by Crippen LogP contribution is -2.28. The van der Waals surface area contributed by atoms with Gasteiger partial charge in [-0.3, -0.25) is 9.69 Å². The molecule has 0 bridgehead atoms. The number of aryl methyl sites for hydroxylation is 1. The minimum absolute atomic E-state index is 0.0345. The fraction of sp³-hybridized carbons (Fsp3) is 0.125. The molecule has 1 saturated heterocycles. The first kappa shape index (κ1) is 21.5. The first-order chi connectivity index (χ1) is 15.5. The molecular formula is C24H21N3O4S. The van der Waals surface area contributed by atoms with E-state index >= 15 is 0 Å². The van der Waals surface area contributed by atoms with E-state index in [1.807, 2.05) is 31.2 Å². The average molecular weight is 448 g/mol. The Morgan fingerprint density at radius 1 is 1.19 bits per heavy atom. The summed E-state index contributed by atoms with van der Waals surface area (Å²) in [6.45, 7) is 2.24. The molecule has 1 aliphatic heterocycles. The molecule has 1 aliphatic rings. The highest BCUT2D eigenvalue weighted by molar-refractivity contribution is 8.18. The number of hydrogen-bond acceptors (Lipinski definition) is 7. The van der Waals surface area contributed by atoms with Crippen LogP contribution in [0.2, 0.25) is 0 Å². The molecule has 4 rings (SSSR count). The lowest BCUT2D eigenvalue weighted by Gasteiger charge is -2.12. The second kappa shape index (κ2) is 9.57. The molecule has 162 valence electrons. The Labute approximate surface area is 189 Å². The van der Waals surface area contributed by atoms with Gasteiger partial charge >= 0.3 is 0 Å². The van der Waals surface area contributed by atoms with Crippen LogP contribution in [0.4, 0.5) is 0 Å². The van der Waals surface area contributed by atoms with E-state index in [0.29, 0.717) is 21.6 Å². The Balaban J connectivity index is 1.64. The largest absolute Gasteiger partial charge is 0.504 e. The van der Waals surface area contributed by atoms with Crippen molar-refractivity contribution < 1.29 is 19.1 Å². The second-order valence-corrected chi connectivity index (χ2v) is 8.01. The first-order valence-electron chi connectivity index (χ1n) is 9.82. The lowest BCUT2D eigenvalue weighted by molar-refractivity contribution is -0.122. The maximum Gasteiger partial charge on any atom is 0.267 e. The summed E-state index contributed by atoms with van der Waals surface area (Å²) in [7, 11) is 1.48. The van der Waals surface area contributed by atoms with Crippen LogP contribution in [0.1, 0.15) is 22.5 Å². The van der Waals surface area contributed by atoms with Gasteiger partial charge in [0.15, 0.2) is 16.7 Å². The van der Waals surface area contributed by atoms with E-state index in [4.69, 9.17) is 9.15 Å². The molecule has 8 heteroatoms. The monoisotopic (exact) mass is 447 g/mol. The number of phenols is 1. The molecule has 0 unspecified atom stereocenters. The molecule has 0 aliphatic carbocycles. The number of carbonyl (C=O) groups is 1. The highest BCUT2D eigenvalue weighted by atomic mass is 32.2. The molecule has 2 aromatic carbocycles. The number of carbonyl (C=O) groups excluding carboxylic acids is 1. The van der Waals surface area contributed by atoms with Gasteiger partial charge in [-0.05, 0) is 65.7 Å². The van der Waals surface area contributed by atoms with Crippen molar-refractivity contribution in [1.29, 1.82) is 0 Å². The van der Waals surface area contributed by atoms with Crippen LogP contribution in [0.3, 0.4) is 0 Å². The summed E-state index contributed by atoms with van der Waals surface area (Å²) < 4.78 is 10.6. The van der Waals surface area contributed by atoms with Crippen LogP contribution in [0.25, 0.3) is 6.08 Å². The van der Waals surface area contributed by atoms with Gasteiger partial charge in [-0.1, -0.05) is 30.3 Å². The van der Waals surface area contributed by atoms with Gasteiger partial charge < -0.3 is 14.3 Å². The smallest absolute Gasteiger partial charge is 0.267 e. The van der Waals surface area contributed by atoms with Gasteiger partial charge in [-0.25, -0.2) is 0 Å². The molecular weight excluding hydrogens is 426 g/mol. The number of nitrogens with zero attached hydrogens (tertiary/aromatic N) is 3. The van der Waals surface area contributed by atoms with Crippen molar-refractivity contribution in [3.63, 3.8) is 0 Å². The summed E-state index contributed by atoms with van der Waals surface area (Å²) in [6, 6.07) is 16.3. The van der Waals surface area contributed by atoms with E-state index in [2.05, 4.69) is 10.2 Å². The summed E-state index contributed by atoms with van der Waals surface area (Å²) in [5.74, 6) is 0.802. The zero-order valence-corrected chi connectivity index (χ0v) is 18.4. The number of phenolic OH excluding ortho intramolecular Hbond substituents is 1. The molecule has 0 atom stereocenters. The third-order valence-corrected chi connectivity index (χ3v) is 5.81. The Bertz CT molecular complexity index is 1220. The maximum atomic E-state index is 13.1. The van der Waals surface area contributed by atoms with E-state index in [1.54, 1.807) is 42.8 Å². The molecule has 1 N–H and O–H groups in total. The predicted octanol–water partition coefficient (Wildman–Crippen LogP) is 4.81. The van der Waals surface area contributed by atoms with Gasteiger partial charge in [0.05, 0.1) is 31.0 Å². The van der Waals surface area contributed by atoms with Crippen LogP contribution >= 0.6 is 11.8 Å². The third kappa shape index (κ3) is 4.76. The van der Waals surface area contributed by atoms with Crippen molar-refractivity contribution in [2.75, 3.05) is 7.11 Å². The minimum Gasteiger partial charge on any atom is -0.504 e. The normalized spacial score (nSPS) is 16.6. The molecule has 32 heavy (non-hydrogen) atoms. The van der Waals surface area contributed by atoms with E-state index in [9.17, 15) is 9.90 Å². The standard InChI is InChI=1S/C24H21N3O4S/c1-16-6-3-4-7-18(16)14-25-26-24-27(15-19-8-5-11-31-19)23(29)22(32-24)13-17-9-10-20(28)21(12-17)30-2/h3-14,28H,15H2,1-2H3/b22-13-,25-14+,26-24-. The van der Waals surface area contributed by atoms with Crippen molar-refractivity contribution >= 4 is 35.1 Å². The highest BCUT2D eigenvalue weighted by Crippen LogP contribution is 2.35. The average Bonchev–Trinajstić information content (AvgIpc) is 3.41. The van der Waals surface area contributed by atoms with Gasteiger partial charge in [-0.15, -0.1) is 5.10 Å². The number of amides is 1. The molecule has 2 heterocycles. The number of benzene rings is 2. The van der Waals surface area contributed by atoms with Gasteiger partial charge in [-0.2, -0.15) is 5.10 Å². The topological polar surface area (TPSA) is 87.6 Å². The summed E-state index contributed by atoms with van der Waals surface area (Å²) in [4.78, 5) is 15.1. The Hall–Kier alpha value is -3.78. The number of methoxy groups -OCH3 is 1. The zero-order valence-electron chi connectivity index (χ0n) is 17.6. The van der Waals surface area contributed by atoms with Gasteiger partial charge in [0.1, 0.15) is 5.76 Å². The van der Waals surface area contributed by atoms with Gasteiger partial charge in [0, 0.05) is 0 Å². The summed E-state index contributed by atoms with van der Waals surface area (Å²) in [6.07, 6.45) is 4.97. The van der Waals surface area contributed by atoms with Crippen LogP contribution in [0.5, 0.6) is 11.5 Å². The van der Waals surface area contributed by atoms with E-state index in [-0.39, 0.29) is 18.2 Å². The summed E-state index contributed by atoms with van der Waals surface area (Å²) in [5.41, 5.74) is 2.76. The fourth-order valence-electron chi connectivity index (χ4n) is 3.09. The predicted molar refractivity (Wildman–Crippen MR) is 126 cm³/mol. The van der Waals surface area contributed by atoms with Crippen molar-refractivity contribution in [2.45, 2.75) is 13.5 Å². The minimum atomic E-state index is -0.205. The second-order valence-electron chi connectivity index (χ2n) is 7.00. The number of furan rings is 1. The molecule has 0 spiro atoms. The quantitative estimate of drug-likeness (QED) is 0.333. The van der Waals surface area contributed by atoms with E-state index in [1.165, 1.54) is 29.8 Å². The number of ether oxygens (including phenoxy) is 1. The van der Waals surface area contributed by atoms with Crippen LogP contribution < -0.4 is 4.74 Å². The number of amidine groups is 1. The van der Waals surface area contributed by atoms with Crippen molar-refractivity contribution in [3.8, 4) is 11.5 Å². The summed E-state index contributed by atoms with van der Waals surface area (Å²) >= 11 is 1.23. The lowest BCUT2D eigenvalue weighted by atomic mass is 10.1. The van der Waals surface area contributed by atoms with Crippen LogP contribution in [0.15, 0.2) is 80.4 Å². The number of hydrogen-bond donors (Lipinski definition) is 1. The Morgan fingerprint density at radius 2 is 2.03 bits per heavy atom. The Morgan fingerprint density at radius 3 is 2.78 bits per heavy atom.